The van der Waals surface area contributed by atoms with Gasteiger partial charge in [-0.3, -0.25) is 9.69 Å². The number of likely N-dealkylation sites (tertiary alicyclic amines) is 1. The van der Waals surface area contributed by atoms with Crippen LogP contribution in [0.15, 0.2) is 22.8 Å². The van der Waals surface area contributed by atoms with E-state index in [0.29, 0.717) is 10.8 Å². The number of carboxylic acids is 1. The summed E-state index contributed by atoms with van der Waals surface area (Å²) in [6.45, 7) is 2.68. The number of aromatic carboxylic acids is 1. The topological polar surface area (TPSA) is 95.7 Å². The molecule has 8 heteroatoms. The molecular weight excluding hydrogens is 342 g/mol. The maximum Gasteiger partial charge on any atom is 0.347 e. The van der Waals surface area contributed by atoms with Crippen molar-refractivity contribution in [2.75, 3.05) is 18.4 Å². The van der Waals surface area contributed by atoms with Crippen LogP contribution in [0.3, 0.4) is 0 Å². The molecule has 1 aliphatic heterocycles. The molecule has 2 aromatic heterocycles. The van der Waals surface area contributed by atoms with E-state index in [0.717, 1.165) is 49.3 Å². The van der Waals surface area contributed by atoms with Crippen LogP contribution in [0.5, 0.6) is 0 Å². The Hall–Kier alpha value is -2.19. The summed E-state index contributed by atoms with van der Waals surface area (Å²) in [5.41, 5.74) is 0.413. The zero-order valence-electron chi connectivity index (χ0n) is 14.0. The molecule has 0 radical (unpaired) electrons. The number of aryl methyl sites for hydroxylation is 1. The van der Waals surface area contributed by atoms with Gasteiger partial charge in [0.2, 0.25) is 5.91 Å². The van der Waals surface area contributed by atoms with Crippen molar-refractivity contribution in [1.29, 1.82) is 0 Å². The van der Waals surface area contributed by atoms with Gasteiger partial charge in [0.1, 0.15) is 10.6 Å². The second kappa shape index (κ2) is 7.79. The lowest BCUT2D eigenvalue weighted by atomic mass is 10.1. The molecule has 1 fully saturated rings. The van der Waals surface area contributed by atoms with Gasteiger partial charge in [-0.05, 0) is 38.4 Å². The van der Waals surface area contributed by atoms with Crippen LogP contribution in [-0.4, -0.2) is 40.0 Å². The summed E-state index contributed by atoms with van der Waals surface area (Å²) in [5.74, 6) is -0.335. The average Bonchev–Trinajstić information content (AvgIpc) is 3.14. The zero-order chi connectivity index (χ0) is 17.8. The molecule has 0 bridgehead atoms. The normalized spacial score (nSPS) is 18.7. The third-order valence-electron chi connectivity index (χ3n) is 4.32. The number of aromatic nitrogens is 1. The van der Waals surface area contributed by atoms with Crippen molar-refractivity contribution in [3.05, 3.63) is 34.7 Å². The van der Waals surface area contributed by atoms with Crippen molar-refractivity contribution in [2.45, 2.75) is 38.6 Å². The Bertz CT molecular complexity index is 741. The van der Waals surface area contributed by atoms with Crippen LogP contribution in [0.2, 0.25) is 0 Å². The van der Waals surface area contributed by atoms with Crippen LogP contribution < -0.4 is 5.32 Å². The van der Waals surface area contributed by atoms with Crippen molar-refractivity contribution in [1.82, 2.24) is 9.88 Å². The highest BCUT2D eigenvalue weighted by Crippen LogP contribution is 2.30. The van der Waals surface area contributed by atoms with Gasteiger partial charge in [-0.2, -0.15) is 0 Å². The number of carbonyl (C=O) groups excluding carboxylic acids is 1. The van der Waals surface area contributed by atoms with E-state index in [9.17, 15) is 9.59 Å². The van der Waals surface area contributed by atoms with Crippen molar-refractivity contribution in [3.8, 4) is 0 Å². The smallest absolute Gasteiger partial charge is 0.347 e. The maximum atomic E-state index is 12.4. The Balaban J connectivity index is 1.67. The number of amides is 1. The first kappa shape index (κ1) is 17.6. The SMILES string of the molecule is Cc1nc(NC(=O)CN2CCCCCC2c2ccco2)sc1C(=O)O. The van der Waals surface area contributed by atoms with Crippen molar-refractivity contribution < 1.29 is 19.1 Å². The van der Waals surface area contributed by atoms with E-state index >= 15 is 0 Å². The molecule has 0 saturated carbocycles. The Morgan fingerprint density at radius 3 is 2.96 bits per heavy atom. The molecule has 0 spiro atoms. The molecule has 3 heterocycles. The van der Waals surface area contributed by atoms with E-state index in [1.54, 1.807) is 13.2 Å². The number of rotatable bonds is 5. The van der Waals surface area contributed by atoms with E-state index in [1.807, 2.05) is 12.1 Å². The quantitative estimate of drug-likeness (QED) is 0.846. The molecule has 1 unspecified atom stereocenters. The molecule has 0 aromatic carbocycles. The number of nitrogens with zero attached hydrogens (tertiary/aromatic N) is 2. The fourth-order valence-corrected chi connectivity index (χ4v) is 3.97. The van der Waals surface area contributed by atoms with E-state index in [4.69, 9.17) is 9.52 Å². The lowest BCUT2D eigenvalue weighted by molar-refractivity contribution is -0.118. The zero-order valence-corrected chi connectivity index (χ0v) is 14.8. The molecule has 25 heavy (non-hydrogen) atoms. The van der Waals surface area contributed by atoms with E-state index in [2.05, 4.69) is 15.2 Å². The lowest BCUT2D eigenvalue weighted by Crippen LogP contribution is -2.36. The molecule has 3 rings (SSSR count). The molecule has 1 amide bonds. The van der Waals surface area contributed by atoms with Gasteiger partial charge in [-0.15, -0.1) is 0 Å². The van der Waals surface area contributed by atoms with Crippen LogP contribution in [-0.2, 0) is 4.79 Å². The van der Waals surface area contributed by atoms with E-state index in [1.165, 1.54) is 0 Å². The molecule has 134 valence electrons. The van der Waals surface area contributed by atoms with E-state index < -0.39 is 5.97 Å². The number of thiazole rings is 1. The number of carboxylic acid groups (broad SMARTS) is 1. The number of nitrogens with one attached hydrogen (secondary N) is 1. The third kappa shape index (κ3) is 4.26. The Morgan fingerprint density at radius 2 is 2.28 bits per heavy atom. The van der Waals surface area contributed by atoms with Crippen molar-refractivity contribution in [3.63, 3.8) is 0 Å². The Morgan fingerprint density at radius 1 is 1.44 bits per heavy atom. The monoisotopic (exact) mass is 363 g/mol. The first-order chi connectivity index (χ1) is 12.0. The maximum absolute atomic E-state index is 12.4. The van der Waals surface area contributed by atoms with Crippen LogP contribution in [0.4, 0.5) is 5.13 Å². The summed E-state index contributed by atoms with van der Waals surface area (Å²) in [6.07, 6.45) is 5.91. The van der Waals surface area contributed by atoms with Crippen LogP contribution in [0.1, 0.15) is 52.9 Å². The summed E-state index contributed by atoms with van der Waals surface area (Å²) in [4.78, 5) is 29.9. The highest BCUT2D eigenvalue weighted by molar-refractivity contribution is 7.17. The predicted octanol–water partition coefficient (Wildman–Crippen LogP) is 3.30. The largest absolute Gasteiger partial charge is 0.477 e. The summed E-state index contributed by atoms with van der Waals surface area (Å²) < 4.78 is 5.56. The Labute approximate surface area is 149 Å². The molecule has 1 aliphatic rings. The lowest BCUT2D eigenvalue weighted by Gasteiger charge is -2.27. The third-order valence-corrected chi connectivity index (χ3v) is 5.38. The summed E-state index contributed by atoms with van der Waals surface area (Å²) in [7, 11) is 0. The molecule has 0 aliphatic carbocycles. The van der Waals surface area contributed by atoms with E-state index in [-0.39, 0.29) is 23.4 Å². The van der Waals surface area contributed by atoms with Crippen molar-refractivity contribution >= 4 is 28.3 Å². The molecule has 1 atom stereocenters. The summed E-state index contributed by atoms with van der Waals surface area (Å²) >= 11 is 0.981. The van der Waals surface area contributed by atoms with Crippen molar-refractivity contribution in [2.24, 2.45) is 0 Å². The number of hydrogen-bond acceptors (Lipinski definition) is 6. The van der Waals surface area contributed by atoms with Gasteiger partial charge in [0.15, 0.2) is 5.13 Å². The Kier molecular flexibility index (Phi) is 5.50. The minimum atomic E-state index is -1.03. The van der Waals surface area contributed by atoms with Crippen LogP contribution >= 0.6 is 11.3 Å². The van der Waals surface area contributed by atoms with Crippen LogP contribution in [0, 0.1) is 6.92 Å². The first-order valence-electron chi connectivity index (χ1n) is 8.32. The predicted molar refractivity (Wildman–Crippen MR) is 93.9 cm³/mol. The fourth-order valence-electron chi connectivity index (χ4n) is 3.15. The first-order valence-corrected chi connectivity index (χ1v) is 9.14. The van der Waals surface area contributed by atoms with Crippen LogP contribution in [0.25, 0.3) is 0 Å². The minimum Gasteiger partial charge on any atom is -0.477 e. The van der Waals surface area contributed by atoms with Gasteiger partial charge in [0, 0.05) is 0 Å². The van der Waals surface area contributed by atoms with Gasteiger partial charge in [0.25, 0.3) is 0 Å². The molecule has 1 saturated heterocycles. The summed E-state index contributed by atoms with van der Waals surface area (Å²) in [5, 5.41) is 12.1. The standard InChI is InChI=1S/C17H21N3O4S/c1-11-15(16(22)23)25-17(18-11)19-14(21)10-20-8-4-2-3-6-12(20)13-7-5-9-24-13/h5,7,9,12H,2-4,6,8,10H2,1H3,(H,22,23)(H,18,19,21). The summed E-state index contributed by atoms with van der Waals surface area (Å²) in [6, 6.07) is 3.91. The highest BCUT2D eigenvalue weighted by atomic mass is 32.1. The molecule has 7 nitrogen and oxygen atoms in total. The second-order valence-corrected chi connectivity index (χ2v) is 7.14. The van der Waals surface area contributed by atoms with Gasteiger partial charge in [-0.25, -0.2) is 9.78 Å². The number of furan rings is 1. The number of hydrogen-bond donors (Lipinski definition) is 2. The minimum absolute atomic E-state index is 0.0934. The van der Waals surface area contributed by atoms with Gasteiger partial charge in [0.05, 0.1) is 24.5 Å². The van der Waals surface area contributed by atoms with Gasteiger partial charge < -0.3 is 14.8 Å². The van der Waals surface area contributed by atoms with Gasteiger partial charge in [-0.1, -0.05) is 24.2 Å². The second-order valence-electron chi connectivity index (χ2n) is 6.14. The fraction of sp³-hybridized carbons (Fsp3) is 0.471. The molecule has 2 aromatic rings. The number of anilines is 1. The number of carbonyl (C=O) groups is 2. The molecule has 2 N–H and O–H groups in total. The molecular formula is C17H21N3O4S. The van der Waals surface area contributed by atoms with Gasteiger partial charge >= 0.3 is 5.97 Å². The average molecular weight is 363 g/mol. The highest BCUT2D eigenvalue weighted by Gasteiger charge is 2.26.